The monoisotopic (exact) mass is 221 g/mol. The fourth-order valence-corrected chi connectivity index (χ4v) is 2.08. The van der Waals surface area contributed by atoms with E-state index in [1.54, 1.807) is 0 Å². The van der Waals surface area contributed by atoms with Crippen molar-refractivity contribution in [1.82, 2.24) is 5.32 Å². The molecule has 0 aromatic heterocycles. The van der Waals surface area contributed by atoms with Gasteiger partial charge in [-0.05, 0) is 25.8 Å². The fraction of sp³-hybridized carbons (Fsp3) is 1.00. The van der Waals surface area contributed by atoms with E-state index in [4.69, 9.17) is 4.55 Å². The minimum absolute atomic E-state index is 0.350. The summed E-state index contributed by atoms with van der Waals surface area (Å²) in [5.41, 5.74) is 0. The van der Waals surface area contributed by atoms with Gasteiger partial charge in [0.2, 0.25) is 0 Å². The van der Waals surface area contributed by atoms with Crippen LogP contribution in [0, 0.1) is 0 Å². The van der Waals surface area contributed by atoms with E-state index in [1.165, 1.54) is 32.1 Å². The van der Waals surface area contributed by atoms with Crippen molar-refractivity contribution in [3.05, 3.63) is 0 Å². The van der Waals surface area contributed by atoms with Crippen LogP contribution in [0.25, 0.3) is 0 Å². The average molecular weight is 221 g/mol. The van der Waals surface area contributed by atoms with Gasteiger partial charge in [0.1, 0.15) is 0 Å². The lowest BCUT2D eigenvalue weighted by Gasteiger charge is -2.22. The molecule has 1 rings (SSSR count). The highest BCUT2D eigenvalue weighted by Crippen LogP contribution is 2.17. The molecule has 0 aliphatic heterocycles. The van der Waals surface area contributed by atoms with Crippen LogP contribution in [0.3, 0.4) is 0 Å². The Morgan fingerprint density at radius 3 is 2.71 bits per heavy atom. The molecule has 0 saturated heterocycles. The van der Waals surface area contributed by atoms with Gasteiger partial charge in [-0.15, -0.1) is 0 Å². The van der Waals surface area contributed by atoms with Crippen LogP contribution >= 0.6 is 0 Å². The summed E-state index contributed by atoms with van der Waals surface area (Å²) in [5, 5.41) is 3.43. The van der Waals surface area contributed by atoms with Crippen LogP contribution in [-0.2, 0) is 15.5 Å². The third kappa shape index (κ3) is 5.70. The van der Waals surface area contributed by atoms with E-state index in [1.807, 2.05) is 0 Å². The van der Waals surface area contributed by atoms with Crippen molar-refractivity contribution in [1.29, 1.82) is 0 Å². The standard InChI is InChI=1S/C9H19NO3S/c11-14(12)13-8-4-7-10-9-5-2-1-3-6-9/h9-10H,1-8H2,(H,11,12). The van der Waals surface area contributed by atoms with Crippen molar-refractivity contribution < 1.29 is 12.9 Å². The summed E-state index contributed by atoms with van der Waals surface area (Å²) < 4.78 is 23.0. The van der Waals surface area contributed by atoms with E-state index >= 15 is 0 Å². The first kappa shape index (κ1) is 12.1. The summed E-state index contributed by atoms with van der Waals surface area (Å²) >= 11 is -2.10. The van der Waals surface area contributed by atoms with Gasteiger partial charge in [-0.3, -0.25) is 8.74 Å². The van der Waals surface area contributed by atoms with Crippen molar-refractivity contribution in [2.45, 2.75) is 44.6 Å². The molecule has 1 fully saturated rings. The maximum absolute atomic E-state index is 10.1. The quantitative estimate of drug-likeness (QED) is 0.526. The number of nitrogens with one attached hydrogen (secondary N) is 1. The van der Waals surface area contributed by atoms with Gasteiger partial charge in [0, 0.05) is 6.04 Å². The molecule has 0 heterocycles. The molecule has 0 spiro atoms. The van der Waals surface area contributed by atoms with Crippen LogP contribution in [0.4, 0.5) is 0 Å². The summed E-state index contributed by atoms with van der Waals surface area (Å²) in [6, 6.07) is 0.656. The Bertz CT molecular complexity index is 171. The molecule has 1 aliphatic carbocycles. The first-order chi connectivity index (χ1) is 6.79. The molecule has 14 heavy (non-hydrogen) atoms. The highest BCUT2D eigenvalue weighted by atomic mass is 32.2. The van der Waals surface area contributed by atoms with E-state index in [0.29, 0.717) is 12.6 Å². The Labute approximate surface area is 87.9 Å². The Balaban J connectivity index is 1.90. The second-order valence-corrected chi connectivity index (χ2v) is 4.35. The van der Waals surface area contributed by atoms with Gasteiger partial charge < -0.3 is 5.32 Å². The lowest BCUT2D eigenvalue weighted by atomic mass is 9.95. The van der Waals surface area contributed by atoms with Gasteiger partial charge >= 0.3 is 11.4 Å². The van der Waals surface area contributed by atoms with Crippen molar-refractivity contribution in [2.24, 2.45) is 0 Å². The lowest BCUT2D eigenvalue weighted by molar-refractivity contribution is 0.291. The molecule has 1 saturated carbocycles. The Hall–Kier alpha value is 0.0300. The van der Waals surface area contributed by atoms with Crippen LogP contribution in [0.15, 0.2) is 0 Å². The van der Waals surface area contributed by atoms with E-state index in [0.717, 1.165) is 13.0 Å². The van der Waals surface area contributed by atoms with Gasteiger partial charge in [0.25, 0.3) is 0 Å². The predicted molar refractivity (Wildman–Crippen MR) is 56.2 cm³/mol. The number of rotatable bonds is 6. The fourth-order valence-electron chi connectivity index (χ4n) is 1.82. The van der Waals surface area contributed by atoms with Crippen LogP contribution in [0.2, 0.25) is 0 Å². The minimum atomic E-state index is -2.10. The normalized spacial score (nSPS) is 20.9. The summed E-state index contributed by atoms with van der Waals surface area (Å²) in [4.78, 5) is 0. The molecule has 0 aromatic carbocycles. The lowest BCUT2D eigenvalue weighted by Crippen LogP contribution is -2.32. The van der Waals surface area contributed by atoms with Crippen molar-refractivity contribution >= 4 is 11.4 Å². The molecule has 2 N–H and O–H groups in total. The molecule has 4 nitrogen and oxygen atoms in total. The first-order valence-electron chi connectivity index (χ1n) is 5.26. The molecule has 84 valence electrons. The second-order valence-electron chi connectivity index (χ2n) is 3.68. The number of hydrogen-bond donors (Lipinski definition) is 2. The van der Waals surface area contributed by atoms with E-state index in [-0.39, 0.29) is 0 Å². The molecule has 1 atom stereocenters. The van der Waals surface area contributed by atoms with E-state index in [2.05, 4.69) is 9.50 Å². The largest absolute Gasteiger partial charge is 0.314 e. The highest BCUT2D eigenvalue weighted by molar-refractivity contribution is 7.74. The summed E-state index contributed by atoms with van der Waals surface area (Å²) in [6.45, 7) is 1.23. The van der Waals surface area contributed by atoms with Crippen LogP contribution in [0.5, 0.6) is 0 Å². The molecule has 5 heteroatoms. The zero-order valence-corrected chi connectivity index (χ0v) is 9.22. The van der Waals surface area contributed by atoms with E-state index < -0.39 is 11.4 Å². The molecule has 1 unspecified atom stereocenters. The zero-order valence-electron chi connectivity index (χ0n) is 8.41. The Morgan fingerprint density at radius 2 is 2.07 bits per heavy atom. The molecule has 0 amide bonds. The second kappa shape index (κ2) is 7.34. The van der Waals surface area contributed by atoms with Crippen LogP contribution in [0.1, 0.15) is 38.5 Å². The van der Waals surface area contributed by atoms with Gasteiger partial charge in [-0.2, -0.15) is 4.21 Å². The third-order valence-corrected chi connectivity index (χ3v) is 2.91. The third-order valence-electron chi connectivity index (χ3n) is 2.54. The van der Waals surface area contributed by atoms with Crippen LogP contribution in [-0.4, -0.2) is 28.0 Å². The van der Waals surface area contributed by atoms with Crippen LogP contribution < -0.4 is 5.32 Å². The zero-order chi connectivity index (χ0) is 10.2. The summed E-state index contributed by atoms with van der Waals surface area (Å²) in [6.07, 6.45) is 7.36. The topological polar surface area (TPSA) is 58.6 Å². The van der Waals surface area contributed by atoms with Crippen molar-refractivity contribution in [2.75, 3.05) is 13.2 Å². The molecule has 1 aliphatic rings. The maximum atomic E-state index is 10.1. The Morgan fingerprint density at radius 1 is 1.36 bits per heavy atom. The minimum Gasteiger partial charge on any atom is -0.314 e. The van der Waals surface area contributed by atoms with Crippen molar-refractivity contribution in [3.8, 4) is 0 Å². The Kier molecular flexibility index (Phi) is 6.34. The highest BCUT2D eigenvalue weighted by Gasteiger charge is 2.11. The molecule has 0 aromatic rings. The van der Waals surface area contributed by atoms with E-state index in [9.17, 15) is 4.21 Å². The maximum Gasteiger partial charge on any atom is 0.301 e. The van der Waals surface area contributed by atoms with Crippen molar-refractivity contribution in [3.63, 3.8) is 0 Å². The molecule has 0 bridgehead atoms. The smallest absolute Gasteiger partial charge is 0.301 e. The summed E-state index contributed by atoms with van der Waals surface area (Å²) in [7, 11) is 0. The molecular weight excluding hydrogens is 202 g/mol. The van der Waals surface area contributed by atoms with Gasteiger partial charge in [-0.1, -0.05) is 19.3 Å². The molecule has 0 radical (unpaired) electrons. The van der Waals surface area contributed by atoms with Gasteiger partial charge in [0.15, 0.2) is 0 Å². The average Bonchev–Trinajstić information content (AvgIpc) is 2.18. The first-order valence-corrected chi connectivity index (χ1v) is 6.30. The number of hydrogen-bond acceptors (Lipinski definition) is 3. The van der Waals surface area contributed by atoms with Gasteiger partial charge in [0.05, 0.1) is 6.61 Å². The molecular formula is C9H19NO3S. The van der Waals surface area contributed by atoms with Gasteiger partial charge in [-0.25, -0.2) is 0 Å². The summed E-state index contributed by atoms with van der Waals surface area (Å²) in [5.74, 6) is 0. The predicted octanol–water partition coefficient (Wildman–Crippen LogP) is 1.45. The SMILES string of the molecule is O=S(O)OCCCNC1CCCCC1.